The summed E-state index contributed by atoms with van der Waals surface area (Å²) in [5.41, 5.74) is 1.62. The number of anilines is 1. The zero-order chi connectivity index (χ0) is 18.4. The highest BCUT2D eigenvalue weighted by Gasteiger charge is 2.19. The maximum Gasteiger partial charge on any atom is 0.241 e. The summed E-state index contributed by atoms with van der Waals surface area (Å²) in [5, 5.41) is 3.81. The largest absolute Gasteiger partial charge is 0.494 e. The SMILES string of the molecule is CCOc1ccc(CN(C)C(C)C(=O)Nc2cc(Cl)ccc2Cl)cc1. The van der Waals surface area contributed by atoms with Crippen molar-refractivity contribution in [3.63, 3.8) is 0 Å². The molecule has 0 aliphatic carbocycles. The third-order valence-corrected chi connectivity index (χ3v) is 4.46. The Bertz CT molecular complexity index is 720. The molecule has 0 saturated carbocycles. The lowest BCUT2D eigenvalue weighted by atomic mass is 10.1. The van der Waals surface area contributed by atoms with E-state index in [9.17, 15) is 4.79 Å². The molecule has 0 bridgehead atoms. The molecule has 1 N–H and O–H groups in total. The summed E-state index contributed by atoms with van der Waals surface area (Å²) in [5.74, 6) is 0.702. The van der Waals surface area contributed by atoms with Crippen LogP contribution in [0.2, 0.25) is 10.0 Å². The van der Waals surface area contributed by atoms with Crippen LogP contribution in [-0.2, 0) is 11.3 Å². The van der Waals surface area contributed by atoms with Crippen molar-refractivity contribution in [1.29, 1.82) is 0 Å². The van der Waals surface area contributed by atoms with E-state index >= 15 is 0 Å². The van der Waals surface area contributed by atoms with Gasteiger partial charge in [-0.05, 0) is 56.8 Å². The number of likely N-dealkylation sites (N-methyl/N-ethyl adjacent to an activating group) is 1. The fourth-order valence-corrected chi connectivity index (χ4v) is 2.65. The van der Waals surface area contributed by atoms with Crippen molar-refractivity contribution in [3.05, 3.63) is 58.1 Å². The van der Waals surface area contributed by atoms with E-state index in [-0.39, 0.29) is 11.9 Å². The summed E-state index contributed by atoms with van der Waals surface area (Å²) < 4.78 is 5.44. The Morgan fingerprint density at radius 1 is 1.20 bits per heavy atom. The molecule has 1 amide bonds. The Morgan fingerprint density at radius 2 is 1.88 bits per heavy atom. The average Bonchev–Trinajstić information content (AvgIpc) is 2.59. The van der Waals surface area contributed by atoms with E-state index in [2.05, 4.69) is 5.32 Å². The van der Waals surface area contributed by atoms with Gasteiger partial charge in [0.1, 0.15) is 5.75 Å². The molecule has 2 aromatic rings. The Kier molecular flexibility index (Phi) is 7.12. The van der Waals surface area contributed by atoms with Crippen LogP contribution in [0.25, 0.3) is 0 Å². The normalized spacial score (nSPS) is 12.1. The Labute approximate surface area is 158 Å². The quantitative estimate of drug-likeness (QED) is 0.746. The Balaban J connectivity index is 1.97. The summed E-state index contributed by atoms with van der Waals surface area (Å²) in [7, 11) is 1.90. The van der Waals surface area contributed by atoms with Gasteiger partial charge in [0.05, 0.1) is 23.4 Å². The van der Waals surface area contributed by atoms with Gasteiger partial charge >= 0.3 is 0 Å². The molecule has 4 nitrogen and oxygen atoms in total. The zero-order valence-electron chi connectivity index (χ0n) is 14.6. The molecule has 134 valence electrons. The van der Waals surface area contributed by atoms with Gasteiger partial charge in [0, 0.05) is 11.6 Å². The molecule has 1 unspecified atom stereocenters. The Morgan fingerprint density at radius 3 is 2.52 bits per heavy atom. The predicted molar refractivity (Wildman–Crippen MR) is 104 cm³/mol. The van der Waals surface area contributed by atoms with Gasteiger partial charge in [0.25, 0.3) is 0 Å². The summed E-state index contributed by atoms with van der Waals surface area (Å²) in [6.07, 6.45) is 0. The van der Waals surface area contributed by atoms with Crippen LogP contribution in [0, 0.1) is 0 Å². The lowest BCUT2D eigenvalue weighted by Gasteiger charge is -2.24. The van der Waals surface area contributed by atoms with Gasteiger partial charge in [0.15, 0.2) is 0 Å². The maximum absolute atomic E-state index is 12.5. The van der Waals surface area contributed by atoms with Crippen molar-refractivity contribution in [1.82, 2.24) is 4.90 Å². The predicted octanol–water partition coefficient (Wildman–Crippen LogP) is 4.85. The monoisotopic (exact) mass is 380 g/mol. The van der Waals surface area contributed by atoms with Crippen molar-refractivity contribution in [3.8, 4) is 5.75 Å². The van der Waals surface area contributed by atoms with Crippen LogP contribution in [0.15, 0.2) is 42.5 Å². The second-order valence-electron chi connectivity index (χ2n) is 5.78. The van der Waals surface area contributed by atoms with E-state index in [1.54, 1.807) is 18.2 Å². The number of carbonyl (C=O) groups is 1. The third-order valence-electron chi connectivity index (χ3n) is 3.89. The number of halogens is 2. The highest BCUT2D eigenvalue weighted by molar-refractivity contribution is 6.35. The first kappa shape index (κ1) is 19.6. The van der Waals surface area contributed by atoms with Gasteiger partial charge in [0.2, 0.25) is 5.91 Å². The summed E-state index contributed by atoms with van der Waals surface area (Å²) in [6.45, 7) is 5.09. The van der Waals surface area contributed by atoms with E-state index < -0.39 is 0 Å². The van der Waals surface area contributed by atoms with Gasteiger partial charge < -0.3 is 10.1 Å². The van der Waals surface area contributed by atoms with E-state index in [4.69, 9.17) is 27.9 Å². The molecule has 6 heteroatoms. The summed E-state index contributed by atoms with van der Waals surface area (Å²) >= 11 is 12.1. The topological polar surface area (TPSA) is 41.6 Å². The van der Waals surface area contributed by atoms with Gasteiger partial charge in [-0.1, -0.05) is 35.3 Å². The second-order valence-corrected chi connectivity index (χ2v) is 6.63. The van der Waals surface area contributed by atoms with Crippen LogP contribution in [0.5, 0.6) is 5.75 Å². The van der Waals surface area contributed by atoms with Crippen LogP contribution in [0.4, 0.5) is 5.69 Å². The smallest absolute Gasteiger partial charge is 0.241 e. The van der Waals surface area contributed by atoms with Gasteiger partial charge in [-0.2, -0.15) is 0 Å². The number of nitrogens with zero attached hydrogens (tertiary/aromatic N) is 1. The van der Waals surface area contributed by atoms with Crippen molar-refractivity contribution in [2.75, 3.05) is 19.0 Å². The minimum absolute atomic E-state index is 0.141. The van der Waals surface area contributed by atoms with Crippen molar-refractivity contribution in [2.24, 2.45) is 0 Å². The molecule has 0 aromatic heterocycles. The molecule has 25 heavy (non-hydrogen) atoms. The number of ether oxygens (including phenoxy) is 1. The highest BCUT2D eigenvalue weighted by atomic mass is 35.5. The third kappa shape index (κ3) is 5.63. The van der Waals surface area contributed by atoms with Crippen LogP contribution in [0.3, 0.4) is 0 Å². The second kappa shape index (κ2) is 9.09. The minimum Gasteiger partial charge on any atom is -0.494 e. The fraction of sp³-hybridized carbons (Fsp3) is 0.316. The van der Waals surface area contributed by atoms with Crippen molar-refractivity contribution >= 4 is 34.8 Å². The van der Waals surface area contributed by atoms with Crippen LogP contribution >= 0.6 is 23.2 Å². The van der Waals surface area contributed by atoms with Gasteiger partial charge in [-0.3, -0.25) is 9.69 Å². The molecule has 0 radical (unpaired) electrons. The molecule has 2 rings (SSSR count). The first-order valence-electron chi connectivity index (χ1n) is 8.08. The zero-order valence-corrected chi connectivity index (χ0v) is 16.1. The fourth-order valence-electron chi connectivity index (χ4n) is 2.31. The molecular weight excluding hydrogens is 359 g/mol. The van der Waals surface area contributed by atoms with Gasteiger partial charge in [-0.25, -0.2) is 0 Å². The lowest BCUT2D eigenvalue weighted by Crippen LogP contribution is -2.39. The summed E-state index contributed by atoms with van der Waals surface area (Å²) in [6, 6.07) is 12.5. The number of hydrogen-bond donors (Lipinski definition) is 1. The number of carbonyl (C=O) groups excluding carboxylic acids is 1. The highest BCUT2D eigenvalue weighted by Crippen LogP contribution is 2.25. The van der Waals surface area contributed by atoms with Crippen LogP contribution in [-0.4, -0.2) is 30.5 Å². The molecular formula is C19H22Cl2N2O2. The van der Waals surface area contributed by atoms with Crippen LogP contribution in [0.1, 0.15) is 19.4 Å². The van der Waals surface area contributed by atoms with E-state index in [0.717, 1.165) is 11.3 Å². The van der Waals surface area contributed by atoms with Gasteiger partial charge in [-0.15, -0.1) is 0 Å². The molecule has 0 aliphatic heterocycles. The number of amides is 1. The molecule has 0 saturated heterocycles. The molecule has 0 spiro atoms. The van der Waals surface area contributed by atoms with Crippen molar-refractivity contribution in [2.45, 2.75) is 26.4 Å². The number of hydrogen-bond acceptors (Lipinski definition) is 3. The average molecular weight is 381 g/mol. The first-order valence-corrected chi connectivity index (χ1v) is 8.84. The molecule has 0 aliphatic rings. The maximum atomic E-state index is 12.5. The van der Waals surface area contributed by atoms with E-state index in [1.807, 2.05) is 50.1 Å². The first-order chi connectivity index (χ1) is 11.9. The molecule has 0 fully saturated rings. The molecule has 2 aromatic carbocycles. The van der Waals surface area contributed by atoms with E-state index in [1.165, 1.54) is 0 Å². The molecule has 0 heterocycles. The standard InChI is InChI=1S/C19H22Cl2N2O2/c1-4-25-16-8-5-14(6-9-16)12-23(3)13(2)19(24)22-18-11-15(20)7-10-17(18)21/h5-11,13H,4,12H2,1-3H3,(H,22,24). The summed E-state index contributed by atoms with van der Waals surface area (Å²) in [4.78, 5) is 14.4. The number of rotatable bonds is 7. The number of nitrogens with one attached hydrogen (secondary N) is 1. The Hall–Kier alpha value is -1.75. The minimum atomic E-state index is -0.332. The van der Waals surface area contributed by atoms with Crippen molar-refractivity contribution < 1.29 is 9.53 Å². The number of benzene rings is 2. The lowest BCUT2D eigenvalue weighted by molar-refractivity contribution is -0.120. The van der Waals surface area contributed by atoms with E-state index in [0.29, 0.717) is 28.9 Å². The molecule has 1 atom stereocenters. The van der Waals surface area contributed by atoms with Crippen LogP contribution < -0.4 is 10.1 Å².